The number of benzene rings is 1. The number of hydrogen-bond acceptors (Lipinski definition) is 2. The summed E-state index contributed by atoms with van der Waals surface area (Å²) in [5.74, 6) is 0.923. The van der Waals surface area contributed by atoms with Gasteiger partial charge in [0.1, 0.15) is 0 Å². The summed E-state index contributed by atoms with van der Waals surface area (Å²) < 4.78 is 0. The summed E-state index contributed by atoms with van der Waals surface area (Å²) in [5.41, 5.74) is 1.85. The third-order valence-electron chi connectivity index (χ3n) is 5.98. The Morgan fingerprint density at radius 2 is 1.90 bits per heavy atom. The molecule has 1 heterocycles. The molecule has 0 amide bonds. The molecule has 2 atom stereocenters. The number of nitrogens with one attached hydrogen (secondary N) is 1. The molecular formula is C19H30N2. The summed E-state index contributed by atoms with van der Waals surface area (Å²) in [5, 5.41) is 3.83. The Morgan fingerprint density at radius 3 is 2.48 bits per heavy atom. The van der Waals surface area contributed by atoms with Crippen LogP contribution in [-0.2, 0) is 5.54 Å². The molecule has 1 aliphatic carbocycles. The third-order valence-corrected chi connectivity index (χ3v) is 5.98. The van der Waals surface area contributed by atoms with Crippen molar-refractivity contribution in [2.45, 2.75) is 57.5 Å². The van der Waals surface area contributed by atoms with Gasteiger partial charge in [-0.1, -0.05) is 43.7 Å². The second-order valence-electron chi connectivity index (χ2n) is 7.59. The summed E-state index contributed by atoms with van der Waals surface area (Å²) in [4.78, 5) is 2.77. The zero-order valence-corrected chi connectivity index (χ0v) is 13.9. The Kier molecular flexibility index (Phi) is 4.11. The van der Waals surface area contributed by atoms with Crippen LogP contribution in [0.4, 0.5) is 0 Å². The molecule has 1 aromatic rings. The fourth-order valence-corrected chi connectivity index (χ4v) is 3.72. The molecule has 2 unspecified atom stereocenters. The molecule has 1 saturated carbocycles. The highest BCUT2D eigenvalue weighted by molar-refractivity contribution is 5.26. The molecule has 21 heavy (non-hydrogen) atoms. The van der Waals surface area contributed by atoms with E-state index >= 15 is 0 Å². The van der Waals surface area contributed by atoms with Gasteiger partial charge in [0.15, 0.2) is 0 Å². The first-order chi connectivity index (χ1) is 10.1. The predicted molar refractivity (Wildman–Crippen MR) is 89.4 cm³/mol. The van der Waals surface area contributed by atoms with Gasteiger partial charge in [-0.25, -0.2) is 0 Å². The van der Waals surface area contributed by atoms with E-state index in [0.717, 1.165) is 19.0 Å². The zero-order chi connectivity index (χ0) is 14.9. The van der Waals surface area contributed by atoms with Gasteiger partial charge in [0.25, 0.3) is 0 Å². The van der Waals surface area contributed by atoms with Gasteiger partial charge in [0.05, 0.1) is 5.54 Å². The Balaban J connectivity index is 1.86. The van der Waals surface area contributed by atoms with E-state index in [-0.39, 0.29) is 11.1 Å². The molecule has 0 aromatic heterocycles. The van der Waals surface area contributed by atoms with E-state index in [1.54, 1.807) is 0 Å². The van der Waals surface area contributed by atoms with Crippen molar-refractivity contribution < 1.29 is 0 Å². The lowest BCUT2D eigenvalue weighted by Gasteiger charge is -2.54. The van der Waals surface area contributed by atoms with E-state index in [9.17, 15) is 0 Å². The molecule has 1 saturated heterocycles. The maximum atomic E-state index is 3.83. The van der Waals surface area contributed by atoms with Crippen LogP contribution in [0.2, 0.25) is 0 Å². The molecule has 2 heteroatoms. The predicted octanol–water partition coefficient (Wildman–Crippen LogP) is 3.78. The highest BCUT2D eigenvalue weighted by Crippen LogP contribution is 2.37. The summed E-state index contributed by atoms with van der Waals surface area (Å²) in [6.45, 7) is 10.6. The van der Waals surface area contributed by atoms with Crippen molar-refractivity contribution in [3.05, 3.63) is 35.9 Å². The van der Waals surface area contributed by atoms with Crippen LogP contribution in [-0.4, -0.2) is 30.1 Å². The Hall–Kier alpha value is -0.860. The fourth-order valence-electron chi connectivity index (χ4n) is 3.72. The molecule has 1 aromatic carbocycles. The van der Waals surface area contributed by atoms with Gasteiger partial charge >= 0.3 is 0 Å². The molecule has 1 N–H and O–H groups in total. The maximum absolute atomic E-state index is 3.83. The monoisotopic (exact) mass is 286 g/mol. The maximum Gasteiger partial charge on any atom is 0.0558 e. The Morgan fingerprint density at radius 1 is 1.19 bits per heavy atom. The second-order valence-corrected chi connectivity index (χ2v) is 7.59. The van der Waals surface area contributed by atoms with Gasteiger partial charge in [-0.3, -0.25) is 4.90 Å². The lowest BCUT2D eigenvalue weighted by molar-refractivity contribution is -0.00449. The highest BCUT2D eigenvalue weighted by Gasteiger charge is 2.43. The minimum Gasteiger partial charge on any atom is -0.308 e. The average Bonchev–Trinajstić information content (AvgIpc) is 2.47. The summed E-state index contributed by atoms with van der Waals surface area (Å²) in [7, 11) is 0. The first-order valence-electron chi connectivity index (χ1n) is 8.61. The SMILES string of the molecule is CCC1(C)CN(CC2CCC2)C(C)(c2ccccc2)CN1. The first-order valence-corrected chi connectivity index (χ1v) is 8.61. The molecule has 2 fully saturated rings. The van der Waals surface area contributed by atoms with Crippen LogP contribution < -0.4 is 5.32 Å². The Labute approximate surface area is 129 Å². The van der Waals surface area contributed by atoms with Gasteiger partial charge < -0.3 is 5.32 Å². The van der Waals surface area contributed by atoms with Crippen LogP contribution >= 0.6 is 0 Å². The van der Waals surface area contributed by atoms with E-state index < -0.39 is 0 Å². The summed E-state index contributed by atoms with van der Waals surface area (Å²) in [6.07, 6.45) is 5.48. The molecule has 3 rings (SSSR count). The van der Waals surface area contributed by atoms with Crippen LogP contribution in [0.5, 0.6) is 0 Å². The van der Waals surface area contributed by atoms with E-state index in [2.05, 4.69) is 61.3 Å². The van der Waals surface area contributed by atoms with Gasteiger partial charge in [0, 0.05) is 25.2 Å². The van der Waals surface area contributed by atoms with Crippen molar-refractivity contribution in [3.63, 3.8) is 0 Å². The lowest BCUT2D eigenvalue weighted by atomic mass is 9.79. The summed E-state index contributed by atoms with van der Waals surface area (Å²) in [6, 6.07) is 11.1. The van der Waals surface area contributed by atoms with E-state index in [1.807, 2.05) is 0 Å². The molecule has 0 bridgehead atoms. The topological polar surface area (TPSA) is 15.3 Å². The second kappa shape index (κ2) is 5.73. The van der Waals surface area contributed by atoms with Crippen molar-refractivity contribution in [1.82, 2.24) is 10.2 Å². The largest absolute Gasteiger partial charge is 0.308 e. The molecule has 2 nitrogen and oxygen atoms in total. The van der Waals surface area contributed by atoms with Crippen LogP contribution in [0, 0.1) is 5.92 Å². The van der Waals surface area contributed by atoms with Crippen molar-refractivity contribution in [1.29, 1.82) is 0 Å². The molecule has 0 spiro atoms. The van der Waals surface area contributed by atoms with E-state index in [4.69, 9.17) is 0 Å². The Bertz CT molecular complexity index is 468. The van der Waals surface area contributed by atoms with Gasteiger partial charge in [-0.15, -0.1) is 0 Å². The van der Waals surface area contributed by atoms with Gasteiger partial charge in [-0.2, -0.15) is 0 Å². The molecule has 116 valence electrons. The quantitative estimate of drug-likeness (QED) is 0.906. The average molecular weight is 286 g/mol. The van der Waals surface area contributed by atoms with E-state index in [1.165, 1.54) is 37.8 Å². The van der Waals surface area contributed by atoms with Crippen LogP contribution in [0.3, 0.4) is 0 Å². The minimum atomic E-state index is 0.130. The number of rotatable bonds is 4. The molecule has 2 aliphatic rings. The third kappa shape index (κ3) is 2.89. The van der Waals surface area contributed by atoms with Crippen LogP contribution in [0.15, 0.2) is 30.3 Å². The van der Waals surface area contributed by atoms with Crippen molar-refractivity contribution in [2.75, 3.05) is 19.6 Å². The minimum absolute atomic E-state index is 0.130. The number of nitrogens with zero attached hydrogens (tertiary/aromatic N) is 1. The van der Waals surface area contributed by atoms with Gasteiger partial charge in [-0.05, 0) is 44.6 Å². The van der Waals surface area contributed by atoms with Crippen LogP contribution in [0.1, 0.15) is 52.0 Å². The normalized spacial score (nSPS) is 34.6. The highest BCUT2D eigenvalue weighted by atomic mass is 15.3. The molecular weight excluding hydrogens is 256 g/mol. The van der Waals surface area contributed by atoms with E-state index in [0.29, 0.717) is 0 Å². The zero-order valence-electron chi connectivity index (χ0n) is 13.9. The number of piperazine rings is 1. The molecule has 1 aliphatic heterocycles. The summed E-state index contributed by atoms with van der Waals surface area (Å²) >= 11 is 0. The van der Waals surface area contributed by atoms with Gasteiger partial charge in [0.2, 0.25) is 0 Å². The van der Waals surface area contributed by atoms with Crippen molar-refractivity contribution in [3.8, 4) is 0 Å². The molecule has 0 radical (unpaired) electrons. The fraction of sp³-hybridized carbons (Fsp3) is 0.684. The van der Waals surface area contributed by atoms with Crippen LogP contribution in [0.25, 0.3) is 0 Å². The van der Waals surface area contributed by atoms with Crippen molar-refractivity contribution >= 4 is 0 Å². The van der Waals surface area contributed by atoms with Crippen molar-refractivity contribution in [2.24, 2.45) is 5.92 Å². The first kappa shape index (κ1) is 15.1. The lowest BCUT2D eigenvalue weighted by Crippen LogP contribution is -2.67. The smallest absolute Gasteiger partial charge is 0.0558 e. The standard InChI is InChI=1S/C19H30N2/c1-4-18(2)15-21(13-16-9-8-10-16)19(3,14-20-18)17-11-6-5-7-12-17/h5-7,11-12,16,20H,4,8-10,13-15H2,1-3H3. The number of hydrogen-bond donors (Lipinski definition) is 1.